The van der Waals surface area contributed by atoms with Crippen molar-refractivity contribution < 1.29 is 46.5 Å². The third kappa shape index (κ3) is 11.4. The average molecular weight is 869 g/mol. The van der Waals surface area contributed by atoms with E-state index < -0.39 is 35.1 Å². The molecule has 0 radical (unpaired) electrons. The van der Waals surface area contributed by atoms with Crippen molar-refractivity contribution in [3.05, 3.63) is 131 Å². The van der Waals surface area contributed by atoms with E-state index >= 15 is 0 Å². The molecule has 6 aromatic rings. The van der Waals surface area contributed by atoms with Crippen LogP contribution in [0.4, 0.5) is 29.3 Å². The number of halogens is 3. The molecule has 330 valence electrons. The number of hydrogen-bond acceptors (Lipinski definition) is 12. The van der Waals surface area contributed by atoms with E-state index in [1.165, 1.54) is 24.1 Å². The van der Waals surface area contributed by atoms with Crippen LogP contribution >= 0.6 is 0 Å². The zero-order chi connectivity index (χ0) is 46.1. The smallest absolute Gasteiger partial charge is 0.497 e. The van der Waals surface area contributed by atoms with Crippen molar-refractivity contribution in [2.45, 2.75) is 65.1 Å². The molecular formula is C46H47F3N6O8. The summed E-state index contributed by atoms with van der Waals surface area (Å²) in [4.78, 5) is 59.0. The van der Waals surface area contributed by atoms with Crippen molar-refractivity contribution in [3.63, 3.8) is 0 Å². The average Bonchev–Trinajstić information content (AvgIpc) is 3.43. The lowest BCUT2D eigenvalue weighted by Crippen LogP contribution is -2.46. The van der Waals surface area contributed by atoms with Crippen molar-refractivity contribution in [1.29, 1.82) is 0 Å². The number of urea groups is 1. The number of hydrogen-bond donors (Lipinski definition) is 1. The number of nitroso groups, excluding NO2 is 1. The highest BCUT2D eigenvalue weighted by atomic mass is 19.4. The highest BCUT2D eigenvalue weighted by Crippen LogP contribution is 2.36. The number of pyridine rings is 2. The molecule has 0 aliphatic carbocycles. The van der Waals surface area contributed by atoms with E-state index in [1.807, 2.05) is 49.4 Å². The minimum atomic E-state index is -4.84. The van der Waals surface area contributed by atoms with Gasteiger partial charge in [0.1, 0.15) is 34.0 Å². The lowest BCUT2D eigenvalue weighted by Gasteiger charge is -2.28. The lowest BCUT2D eigenvalue weighted by atomic mass is 10.0. The van der Waals surface area contributed by atoms with Crippen LogP contribution in [-0.4, -0.2) is 71.5 Å². The van der Waals surface area contributed by atoms with Gasteiger partial charge in [-0.1, -0.05) is 17.7 Å². The number of fused-ring (bicyclic) bond motifs is 2. The van der Waals surface area contributed by atoms with E-state index in [1.54, 1.807) is 84.6 Å². The Balaban J connectivity index is 0.000000211. The first kappa shape index (κ1) is 46.9. The van der Waals surface area contributed by atoms with Crippen LogP contribution in [0.2, 0.25) is 0 Å². The second kappa shape index (κ2) is 19.7. The second-order valence-electron chi connectivity index (χ2n) is 15.2. The predicted octanol–water partition coefficient (Wildman–Crippen LogP) is 9.57. The van der Waals surface area contributed by atoms with Crippen LogP contribution in [0.3, 0.4) is 0 Å². The van der Waals surface area contributed by atoms with E-state index in [4.69, 9.17) is 14.2 Å². The summed E-state index contributed by atoms with van der Waals surface area (Å²) in [7, 11) is 4.57. The molecule has 1 fully saturated rings. The van der Waals surface area contributed by atoms with Crippen molar-refractivity contribution in [1.82, 2.24) is 20.2 Å². The van der Waals surface area contributed by atoms with Crippen molar-refractivity contribution in [2.24, 2.45) is 5.18 Å². The predicted molar refractivity (Wildman–Crippen MR) is 232 cm³/mol. The molecule has 14 nitrogen and oxygen atoms in total. The van der Waals surface area contributed by atoms with Gasteiger partial charge in [-0.05, 0) is 124 Å². The van der Waals surface area contributed by atoms with Gasteiger partial charge >= 0.3 is 18.4 Å². The summed E-state index contributed by atoms with van der Waals surface area (Å²) in [5, 5.41) is 7.82. The normalized spacial score (nSPS) is 13.4. The first-order chi connectivity index (χ1) is 29.8. The molecule has 3 heterocycles. The number of carbonyl (C=O) groups is 3. The largest absolute Gasteiger partial charge is 0.573 e. The van der Waals surface area contributed by atoms with Crippen LogP contribution in [-0.2, 0) is 27.4 Å². The Bertz CT molecular complexity index is 2590. The number of carbonyl (C=O) groups excluding carboxylic acids is 3. The molecule has 1 aliphatic heterocycles. The van der Waals surface area contributed by atoms with Crippen molar-refractivity contribution >= 4 is 51.1 Å². The molecule has 4 aromatic carbocycles. The van der Waals surface area contributed by atoms with Crippen LogP contribution in [0, 0.1) is 11.8 Å². The molecule has 1 N–H and O–H groups in total. The molecule has 1 aliphatic rings. The molecule has 63 heavy (non-hydrogen) atoms. The van der Waals surface area contributed by atoms with Gasteiger partial charge in [0.2, 0.25) is 0 Å². The van der Waals surface area contributed by atoms with E-state index in [0.29, 0.717) is 23.5 Å². The summed E-state index contributed by atoms with van der Waals surface area (Å²) >= 11 is 0. The van der Waals surface area contributed by atoms with Gasteiger partial charge in [0, 0.05) is 48.4 Å². The highest BCUT2D eigenvalue weighted by Gasteiger charge is 2.52. The summed E-state index contributed by atoms with van der Waals surface area (Å²) in [6, 6.07) is 26.0. The number of benzene rings is 4. The molecule has 0 spiro atoms. The Morgan fingerprint density at radius 1 is 0.762 bits per heavy atom. The number of ether oxygens (including phenoxy) is 4. The maximum Gasteiger partial charge on any atom is 0.573 e. The Morgan fingerprint density at radius 3 is 1.79 bits per heavy atom. The molecule has 0 bridgehead atoms. The Morgan fingerprint density at radius 2 is 1.29 bits per heavy atom. The van der Waals surface area contributed by atoms with Gasteiger partial charge in [-0.2, -0.15) is 0 Å². The monoisotopic (exact) mass is 868 g/mol. The zero-order valence-corrected chi connectivity index (χ0v) is 35.9. The maximum absolute atomic E-state index is 13.3. The molecule has 7 rings (SSSR count). The van der Waals surface area contributed by atoms with Gasteiger partial charge in [0.05, 0.1) is 38.1 Å². The molecule has 3 amide bonds. The van der Waals surface area contributed by atoms with E-state index in [-0.39, 0.29) is 18.2 Å². The van der Waals surface area contributed by atoms with Gasteiger partial charge < -0.3 is 23.8 Å². The number of aryl methyl sites for hydroxylation is 1. The van der Waals surface area contributed by atoms with Gasteiger partial charge in [-0.3, -0.25) is 24.9 Å². The maximum atomic E-state index is 13.3. The number of esters is 1. The van der Waals surface area contributed by atoms with Crippen LogP contribution in [0.25, 0.3) is 21.8 Å². The standard InChI is InChI=1S/C23H20F3N3O4.C16H20N2O3.C7H7NO/c1-22(2)20(30)29(15-4-6-16(7-5-15)33-23(24,25)26)21(31)28(22)13-14-10-11-27-19-12-17(32-3)8-9-18(14)19;1-16(2,15(19)21-4)18-10-11-7-8-17-14-9-12(20-3)5-6-13(11)14;1-6-2-4-7(8-9)5-3-6/h4-12H,13H2,1-3H3;5-9,18H,10H2,1-4H3;2-5H,1H3. The first-order valence-electron chi connectivity index (χ1n) is 19.4. The zero-order valence-electron chi connectivity index (χ0n) is 35.9. The summed E-state index contributed by atoms with van der Waals surface area (Å²) in [5.74, 6) is 0.193. The number of imide groups is 1. The van der Waals surface area contributed by atoms with E-state index in [2.05, 4.69) is 25.2 Å². The molecule has 0 atom stereocenters. The first-order valence-corrected chi connectivity index (χ1v) is 19.4. The molecule has 0 unspecified atom stereocenters. The molecule has 17 heteroatoms. The number of methoxy groups -OCH3 is 3. The molecule has 1 saturated heterocycles. The van der Waals surface area contributed by atoms with Crippen molar-refractivity contribution in [2.75, 3.05) is 26.2 Å². The minimum Gasteiger partial charge on any atom is -0.497 e. The fourth-order valence-electron chi connectivity index (χ4n) is 6.47. The van der Waals surface area contributed by atoms with Gasteiger partial charge in [0.25, 0.3) is 5.91 Å². The van der Waals surface area contributed by atoms with Crippen molar-refractivity contribution in [3.8, 4) is 17.2 Å². The second-order valence-corrected chi connectivity index (χ2v) is 15.2. The fraction of sp³-hybridized carbons (Fsp3) is 0.283. The topological polar surface area (TPSA) is 162 Å². The van der Waals surface area contributed by atoms with Gasteiger partial charge in [-0.25, -0.2) is 9.69 Å². The van der Waals surface area contributed by atoms with Gasteiger partial charge in [-0.15, -0.1) is 18.1 Å². The summed E-state index contributed by atoms with van der Waals surface area (Å²) in [6.07, 6.45) is -1.47. The van der Waals surface area contributed by atoms with E-state index in [9.17, 15) is 32.5 Å². The SMILES string of the molecule is COC(=O)C(C)(C)NCc1ccnc2cc(OC)ccc12.COc1ccc2c(CN3C(=O)N(c4ccc(OC(F)(F)F)cc4)C(=O)C3(C)C)ccnc2c1.Cc1ccc(N=O)cc1. The number of anilines is 1. The summed E-state index contributed by atoms with van der Waals surface area (Å²) in [5.41, 5.74) is 3.26. The molecule has 2 aromatic heterocycles. The number of nitrogens with zero attached hydrogens (tertiary/aromatic N) is 5. The number of amides is 3. The van der Waals surface area contributed by atoms with Crippen LogP contribution in [0.15, 0.2) is 115 Å². The van der Waals surface area contributed by atoms with Crippen LogP contribution in [0.1, 0.15) is 44.4 Å². The number of nitrogens with one attached hydrogen (secondary N) is 1. The highest BCUT2D eigenvalue weighted by molar-refractivity contribution is 6.23. The molecule has 0 saturated carbocycles. The Kier molecular flexibility index (Phi) is 14.7. The number of alkyl halides is 3. The quantitative estimate of drug-likeness (QED) is 0.0750. The third-order valence-corrected chi connectivity index (χ3v) is 10.1. The number of rotatable bonds is 11. The third-order valence-electron chi connectivity index (χ3n) is 10.1. The van der Waals surface area contributed by atoms with Gasteiger partial charge in [0.15, 0.2) is 0 Å². The summed E-state index contributed by atoms with van der Waals surface area (Å²) in [6.45, 7) is 9.49. The number of aromatic nitrogens is 2. The molecular weight excluding hydrogens is 822 g/mol. The lowest BCUT2D eigenvalue weighted by molar-refractivity contribution is -0.274. The summed E-state index contributed by atoms with van der Waals surface area (Å²) < 4.78 is 56.3. The van der Waals surface area contributed by atoms with Crippen LogP contribution in [0.5, 0.6) is 17.2 Å². The Hall–Kier alpha value is -7.14. The van der Waals surface area contributed by atoms with Crippen LogP contribution < -0.4 is 24.4 Å². The van der Waals surface area contributed by atoms with E-state index in [0.717, 1.165) is 55.8 Å². The fourth-order valence-corrected chi connectivity index (χ4v) is 6.47. The minimum absolute atomic E-state index is 0.134. The Labute approximate surface area is 361 Å².